The molecule has 0 aliphatic carbocycles. The van der Waals surface area contributed by atoms with Crippen LogP contribution in [0.25, 0.3) is 11.0 Å². The Labute approximate surface area is 127 Å². The Hall–Kier alpha value is -1.95. The van der Waals surface area contributed by atoms with E-state index in [1.165, 1.54) is 0 Å². The third kappa shape index (κ3) is 2.76. The minimum absolute atomic E-state index is 0.160. The zero-order chi connectivity index (χ0) is 14.8. The number of carbonyl (C=O) groups excluding carboxylic acids is 1. The van der Waals surface area contributed by atoms with Gasteiger partial charge in [0, 0.05) is 30.7 Å². The molecule has 1 fully saturated rings. The molecule has 6 nitrogen and oxygen atoms in total. The van der Waals surface area contributed by atoms with Gasteiger partial charge in [-0.15, -0.1) is 0 Å². The van der Waals surface area contributed by atoms with Crippen LogP contribution >= 0.6 is 11.6 Å². The molecule has 1 atom stereocenters. The standard InChI is InChI=1S/C14H17ClN4O2/c1-2-21-14(20)19-6-4-9(8-19)18-12-10-3-5-16-13(10)17-7-11(12)15/h3,5,7,9H,2,4,6,8H2,1H3,(H2,16,17,18)/t9-/m1/s1. The lowest BCUT2D eigenvalue weighted by atomic mass is 10.2. The number of H-pyrrole nitrogens is 1. The molecular weight excluding hydrogens is 292 g/mol. The van der Waals surface area contributed by atoms with E-state index < -0.39 is 0 Å². The van der Waals surface area contributed by atoms with Gasteiger partial charge in [-0.25, -0.2) is 9.78 Å². The lowest BCUT2D eigenvalue weighted by molar-refractivity contribution is 0.115. The van der Waals surface area contributed by atoms with Gasteiger partial charge < -0.3 is 19.9 Å². The van der Waals surface area contributed by atoms with Crippen molar-refractivity contribution in [2.75, 3.05) is 25.0 Å². The molecule has 0 spiro atoms. The topological polar surface area (TPSA) is 70.2 Å². The number of nitrogens with one attached hydrogen (secondary N) is 2. The van der Waals surface area contributed by atoms with E-state index >= 15 is 0 Å². The molecule has 1 saturated heterocycles. The third-order valence-corrected chi connectivity index (χ3v) is 3.89. The Kier molecular flexibility index (Phi) is 3.88. The molecule has 1 amide bonds. The molecule has 1 aliphatic rings. The maximum atomic E-state index is 11.7. The number of fused-ring (bicyclic) bond motifs is 1. The van der Waals surface area contributed by atoms with Crippen molar-refractivity contribution in [3.8, 4) is 0 Å². The van der Waals surface area contributed by atoms with Gasteiger partial charge in [0.25, 0.3) is 0 Å². The fourth-order valence-corrected chi connectivity index (χ4v) is 2.80. The number of likely N-dealkylation sites (tertiary alicyclic amines) is 1. The highest BCUT2D eigenvalue weighted by molar-refractivity contribution is 6.34. The van der Waals surface area contributed by atoms with Gasteiger partial charge in [0.15, 0.2) is 0 Å². The molecular formula is C14H17ClN4O2. The number of aromatic amines is 1. The summed E-state index contributed by atoms with van der Waals surface area (Å²) in [5, 5.41) is 4.96. The maximum Gasteiger partial charge on any atom is 0.409 e. The number of halogens is 1. The summed E-state index contributed by atoms with van der Waals surface area (Å²) in [6, 6.07) is 2.10. The molecule has 7 heteroatoms. The molecule has 0 unspecified atom stereocenters. The summed E-state index contributed by atoms with van der Waals surface area (Å²) >= 11 is 6.24. The molecule has 3 heterocycles. The fraction of sp³-hybridized carbons (Fsp3) is 0.429. The Balaban J connectivity index is 1.73. The summed E-state index contributed by atoms with van der Waals surface area (Å²) in [5.41, 5.74) is 1.65. The van der Waals surface area contributed by atoms with Gasteiger partial charge in [0.05, 0.1) is 23.5 Å². The van der Waals surface area contributed by atoms with Crippen molar-refractivity contribution < 1.29 is 9.53 Å². The van der Waals surface area contributed by atoms with Crippen molar-refractivity contribution >= 4 is 34.4 Å². The first-order chi connectivity index (χ1) is 10.2. The summed E-state index contributed by atoms with van der Waals surface area (Å²) in [4.78, 5) is 20.7. The summed E-state index contributed by atoms with van der Waals surface area (Å²) < 4.78 is 5.02. The number of carbonyl (C=O) groups is 1. The number of rotatable bonds is 3. The van der Waals surface area contributed by atoms with Gasteiger partial charge in [0.2, 0.25) is 0 Å². The van der Waals surface area contributed by atoms with Crippen molar-refractivity contribution in [3.63, 3.8) is 0 Å². The molecule has 0 aromatic carbocycles. The second kappa shape index (κ2) is 5.81. The van der Waals surface area contributed by atoms with Crippen LogP contribution in [0.3, 0.4) is 0 Å². The second-order valence-corrected chi connectivity index (χ2v) is 5.40. The van der Waals surface area contributed by atoms with E-state index in [4.69, 9.17) is 16.3 Å². The second-order valence-electron chi connectivity index (χ2n) is 5.00. The maximum absolute atomic E-state index is 11.7. The normalized spacial score (nSPS) is 18.2. The van der Waals surface area contributed by atoms with Crippen LogP contribution in [0.2, 0.25) is 5.02 Å². The van der Waals surface area contributed by atoms with Gasteiger partial charge in [0.1, 0.15) is 5.65 Å². The van der Waals surface area contributed by atoms with Crippen molar-refractivity contribution in [2.45, 2.75) is 19.4 Å². The average Bonchev–Trinajstić information content (AvgIpc) is 3.11. The first-order valence-electron chi connectivity index (χ1n) is 6.99. The Bertz CT molecular complexity index is 657. The molecule has 2 aromatic heterocycles. The van der Waals surface area contributed by atoms with Gasteiger partial charge in [-0.3, -0.25) is 0 Å². The van der Waals surface area contributed by atoms with Crippen molar-refractivity contribution in [1.29, 1.82) is 0 Å². The number of aromatic nitrogens is 2. The van der Waals surface area contributed by atoms with Crippen LogP contribution in [0.15, 0.2) is 18.5 Å². The van der Waals surface area contributed by atoms with E-state index in [-0.39, 0.29) is 12.1 Å². The Morgan fingerprint density at radius 2 is 2.52 bits per heavy atom. The number of nitrogens with zero attached hydrogens (tertiary/aromatic N) is 2. The smallest absolute Gasteiger partial charge is 0.409 e. The number of hydrogen-bond acceptors (Lipinski definition) is 4. The minimum atomic E-state index is -0.255. The van der Waals surface area contributed by atoms with Crippen LogP contribution in [0.4, 0.5) is 10.5 Å². The molecule has 0 radical (unpaired) electrons. The van der Waals surface area contributed by atoms with E-state index in [1.54, 1.807) is 11.1 Å². The summed E-state index contributed by atoms with van der Waals surface area (Å²) in [5.74, 6) is 0. The zero-order valence-corrected chi connectivity index (χ0v) is 12.5. The number of pyridine rings is 1. The number of anilines is 1. The van der Waals surface area contributed by atoms with Crippen LogP contribution in [0.5, 0.6) is 0 Å². The highest BCUT2D eigenvalue weighted by atomic mass is 35.5. The minimum Gasteiger partial charge on any atom is -0.450 e. The predicted octanol–water partition coefficient (Wildman–Crippen LogP) is 2.86. The number of hydrogen-bond donors (Lipinski definition) is 2. The summed E-state index contributed by atoms with van der Waals surface area (Å²) in [6.07, 6.45) is 4.07. The Morgan fingerprint density at radius 3 is 3.33 bits per heavy atom. The van der Waals surface area contributed by atoms with E-state index in [2.05, 4.69) is 15.3 Å². The first kappa shape index (κ1) is 14.0. The fourth-order valence-electron chi connectivity index (χ4n) is 2.59. The molecule has 2 N–H and O–H groups in total. The first-order valence-corrected chi connectivity index (χ1v) is 7.36. The van der Waals surface area contributed by atoms with Crippen LogP contribution in [-0.4, -0.2) is 46.7 Å². The third-order valence-electron chi connectivity index (χ3n) is 3.60. The molecule has 2 aromatic rings. The van der Waals surface area contributed by atoms with Crippen molar-refractivity contribution in [3.05, 3.63) is 23.5 Å². The zero-order valence-electron chi connectivity index (χ0n) is 11.7. The highest BCUT2D eigenvalue weighted by Gasteiger charge is 2.27. The monoisotopic (exact) mass is 308 g/mol. The Morgan fingerprint density at radius 1 is 1.67 bits per heavy atom. The predicted molar refractivity (Wildman–Crippen MR) is 81.7 cm³/mol. The molecule has 0 saturated carbocycles. The van der Waals surface area contributed by atoms with Gasteiger partial charge in [-0.2, -0.15) is 0 Å². The number of ether oxygens (including phenoxy) is 1. The molecule has 3 rings (SSSR count). The van der Waals surface area contributed by atoms with E-state index in [9.17, 15) is 4.79 Å². The largest absolute Gasteiger partial charge is 0.450 e. The van der Waals surface area contributed by atoms with Gasteiger partial charge in [-0.1, -0.05) is 11.6 Å². The van der Waals surface area contributed by atoms with Crippen LogP contribution in [-0.2, 0) is 4.74 Å². The van der Waals surface area contributed by atoms with E-state index in [0.29, 0.717) is 24.7 Å². The van der Waals surface area contributed by atoms with Crippen LogP contribution in [0.1, 0.15) is 13.3 Å². The van der Waals surface area contributed by atoms with Gasteiger partial charge >= 0.3 is 6.09 Å². The van der Waals surface area contributed by atoms with E-state index in [0.717, 1.165) is 23.1 Å². The molecule has 112 valence electrons. The van der Waals surface area contributed by atoms with Crippen molar-refractivity contribution in [1.82, 2.24) is 14.9 Å². The lowest BCUT2D eigenvalue weighted by Gasteiger charge is -2.18. The van der Waals surface area contributed by atoms with Crippen molar-refractivity contribution in [2.24, 2.45) is 0 Å². The quantitative estimate of drug-likeness (QED) is 0.914. The van der Waals surface area contributed by atoms with Crippen LogP contribution in [0, 0.1) is 0 Å². The highest BCUT2D eigenvalue weighted by Crippen LogP contribution is 2.30. The lowest BCUT2D eigenvalue weighted by Crippen LogP contribution is -2.32. The van der Waals surface area contributed by atoms with Crippen LogP contribution < -0.4 is 5.32 Å². The number of amides is 1. The molecule has 1 aliphatic heterocycles. The average molecular weight is 309 g/mol. The van der Waals surface area contributed by atoms with Gasteiger partial charge in [-0.05, 0) is 19.4 Å². The SMILES string of the molecule is CCOC(=O)N1CC[C@@H](Nc2c(Cl)cnc3[nH]ccc23)C1. The summed E-state index contributed by atoms with van der Waals surface area (Å²) in [7, 11) is 0. The molecule has 21 heavy (non-hydrogen) atoms. The van der Waals surface area contributed by atoms with E-state index in [1.807, 2.05) is 19.2 Å². The molecule has 0 bridgehead atoms. The summed E-state index contributed by atoms with van der Waals surface area (Å²) in [6.45, 7) is 3.51.